The van der Waals surface area contributed by atoms with E-state index in [1.807, 2.05) is 0 Å². The Hall–Kier alpha value is -0.370. The van der Waals surface area contributed by atoms with E-state index in [2.05, 4.69) is 13.8 Å². The Morgan fingerprint density at radius 1 is 1.36 bits per heavy atom. The molecular weight excluding hydrogens is 140 g/mol. The largest absolute Gasteiger partial charge is 0.397 e. The lowest BCUT2D eigenvalue weighted by atomic mass is 10.4. The molecule has 0 aliphatic rings. The summed E-state index contributed by atoms with van der Waals surface area (Å²) in [4.78, 5) is 9.44. The molecule has 0 aliphatic carbocycles. The fourth-order valence-electron chi connectivity index (χ4n) is 0. The second-order valence-electron chi connectivity index (χ2n) is 2.08. The van der Waals surface area contributed by atoms with Crippen molar-refractivity contribution in [1.82, 2.24) is 0 Å². The average Bonchev–Trinajstić information content (AvgIpc) is 1.88. The topological polar surface area (TPSA) is 37.3 Å². The minimum atomic E-state index is 0.167. The zero-order valence-electron chi connectivity index (χ0n) is 8.18. The van der Waals surface area contributed by atoms with Gasteiger partial charge in [-0.2, -0.15) is 0 Å². The third-order valence-corrected chi connectivity index (χ3v) is 0.354. The third-order valence-electron chi connectivity index (χ3n) is 0.354. The summed E-state index contributed by atoms with van der Waals surface area (Å²) in [7, 11) is 0. The lowest BCUT2D eigenvalue weighted by Crippen LogP contribution is -1.69. The lowest BCUT2D eigenvalue weighted by molar-refractivity contribution is -0.114. The predicted octanol–water partition coefficient (Wildman–Crippen LogP) is 2.21. The van der Waals surface area contributed by atoms with E-state index in [0.29, 0.717) is 0 Å². The van der Waals surface area contributed by atoms with E-state index in [4.69, 9.17) is 5.11 Å². The molecule has 0 atom stereocenters. The first kappa shape index (κ1) is 16.9. The van der Waals surface area contributed by atoms with E-state index >= 15 is 0 Å². The van der Waals surface area contributed by atoms with Gasteiger partial charge >= 0.3 is 0 Å². The van der Waals surface area contributed by atoms with Gasteiger partial charge in [0.25, 0.3) is 0 Å². The summed E-state index contributed by atoms with van der Waals surface area (Å²) in [5.74, 6) is 0.167. The second-order valence-corrected chi connectivity index (χ2v) is 2.08. The van der Waals surface area contributed by atoms with Gasteiger partial charge in [-0.05, 0) is 20.8 Å². The van der Waals surface area contributed by atoms with Crippen LogP contribution in [0.2, 0.25) is 0 Å². The Kier molecular flexibility index (Phi) is 34.8. The van der Waals surface area contributed by atoms with Gasteiger partial charge in [-0.15, -0.1) is 0 Å². The van der Waals surface area contributed by atoms with Crippen LogP contribution in [0.3, 0.4) is 0 Å². The van der Waals surface area contributed by atoms with Crippen LogP contribution >= 0.6 is 0 Å². The quantitative estimate of drug-likeness (QED) is 0.640. The maximum absolute atomic E-state index is 9.44. The van der Waals surface area contributed by atoms with Gasteiger partial charge in [0.1, 0.15) is 5.78 Å². The van der Waals surface area contributed by atoms with E-state index < -0.39 is 0 Å². The fraction of sp³-hybridized carbons (Fsp3) is 0.778. The molecule has 0 aromatic heterocycles. The molecule has 11 heavy (non-hydrogen) atoms. The maximum atomic E-state index is 9.44. The Morgan fingerprint density at radius 3 is 1.45 bits per heavy atom. The molecule has 1 N–H and O–H groups in total. The Morgan fingerprint density at radius 2 is 1.45 bits per heavy atom. The number of rotatable bonds is 1. The summed E-state index contributed by atoms with van der Waals surface area (Å²) in [5, 5.41) is 7.57. The zero-order chi connectivity index (χ0) is 9.70. The summed E-state index contributed by atoms with van der Waals surface area (Å²) in [6.07, 6.45) is 2.28. The number of carbonyl (C=O) groups is 1. The van der Waals surface area contributed by atoms with Gasteiger partial charge in [0, 0.05) is 6.61 Å². The summed E-state index contributed by atoms with van der Waals surface area (Å²) in [5.41, 5.74) is 0. The molecular formula is C9H21O2. The summed E-state index contributed by atoms with van der Waals surface area (Å²) >= 11 is 0. The van der Waals surface area contributed by atoms with Gasteiger partial charge in [0.05, 0.1) is 0 Å². The molecule has 2 heteroatoms. The number of aliphatic hydroxyl groups is 1. The lowest BCUT2D eigenvalue weighted by Gasteiger charge is -1.67. The van der Waals surface area contributed by atoms with Gasteiger partial charge < -0.3 is 9.90 Å². The van der Waals surface area contributed by atoms with E-state index in [0.717, 1.165) is 6.42 Å². The van der Waals surface area contributed by atoms with Crippen LogP contribution in [0.1, 0.15) is 40.5 Å². The Bertz CT molecular complexity index is 54.6. The van der Waals surface area contributed by atoms with Crippen molar-refractivity contribution in [2.45, 2.75) is 40.5 Å². The standard InChI is InChI=1S/C4H9.C3H6O.C2H6O/c1-3-4-2;1-3(2)4;1-2-3/h1,3-4H2,2H3;1-2H3;3H,2H2,1H3. The molecule has 0 rings (SSSR count). The summed E-state index contributed by atoms with van der Waals surface area (Å²) < 4.78 is 0. The van der Waals surface area contributed by atoms with Crippen molar-refractivity contribution < 1.29 is 9.90 Å². The molecule has 0 heterocycles. The molecule has 69 valence electrons. The molecule has 0 saturated carbocycles. The molecule has 0 aromatic rings. The number of Topliss-reactive ketones (excluding diaryl/α,β-unsaturated/α-hetero) is 1. The van der Waals surface area contributed by atoms with Crippen molar-refractivity contribution >= 4 is 5.78 Å². The van der Waals surface area contributed by atoms with Crippen LogP contribution in [-0.4, -0.2) is 17.5 Å². The highest BCUT2D eigenvalue weighted by Crippen LogP contribution is 1.75. The molecule has 0 aromatic carbocycles. The van der Waals surface area contributed by atoms with E-state index in [1.54, 1.807) is 6.92 Å². The highest BCUT2D eigenvalue weighted by molar-refractivity contribution is 5.72. The smallest absolute Gasteiger partial charge is 0.126 e. The minimum Gasteiger partial charge on any atom is -0.397 e. The van der Waals surface area contributed by atoms with Crippen LogP contribution in [0.25, 0.3) is 0 Å². The number of unbranched alkanes of at least 4 members (excludes halogenated alkanes) is 1. The molecule has 0 unspecified atom stereocenters. The van der Waals surface area contributed by atoms with Crippen molar-refractivity contribution in [2.75, 3.05) is 6.61 Å². The third kappa shape index (κ3) is 1410. The highest BCUT2D eigenvalue weighted by Gasteiger charge is 1.62. The maximum Gasteiger partial charge on any atom is 0.126 e. The molecule has 0 bridgehead atoms. The monoisotopic (exact) mass is 161 g/mol. The van der Waals surface area contributed by atoms with Crippen molar-refractivity contribution in [1.29, 1.82) is 0 Å². The van der Waals surface area contributed by atoms with Crippen molar-refractivity contribution in [2.24, 2.45) is 0 Å². The number of hydrogen-bond acceptors (Lipinski definition) is 2. The zero-order valence-corrected chi connectivity index (χ0v) is 8.18. The SMILES string of the molecule is CC(C)=O.CCO.[CH2]CCC. The molecule has 0 aliphatic heterocycles. The van der Waals surface area contributed by atoms with Crippen LogP contribution in [0, 0.1) is 6.92 Å². The van der Waals surface area contributed by atoms with Gasteiger partial charge in [0.15, 0.2) is 0 Å². The minimum absolute atomic E-state index is 0.167. The Balaban J connectivity index is -0.0000000886. The molecule has 1 radical (unpaired) electrons. The van der Waals surface area contributed by atoms with Crippen molar-refractivity contribution in [3.05, 3.63) is 6.92 Å². The van der Waals surface area contributed by atoms with Crippen LogP contribution < -0.4 is 0 Å². The number of carbonyl (C=O) groups excluding carboxylic acids is 1. The van der Waals surface area contributed by atoms with Crippen molar-refractivity contribution in [3.8, 4) is 0 Å². The molecule has 0 amide bonds. The van der Waals surface area contributed by atoms with Crippen LogP contribution in [0.4, 0.5) is 0 Å². The highest BCUT2D eigenvalue weighted by atomic mass is 16.2. The molecule has 0 fully saturated rings. The van der Waals surface area contributed by atoms with Gasteiger partial charge in [-0.25, -0.2) is 0 Å². The first-order chi connectivity index (χ1) is 5.06. The van der Waals surface area contributed by atoms with Crippen LogP contribution in [-0.2, 0) is 4.79 Å². The van der Waals surface area contributed by atoms with Gasteiger partial charge in [0.2, 0.25) is 0 Å². The summed E-state index contributed by atoms with van der Waals surface area (Å²) in [6, 6.07) is 0. The molecule has 0 saturated heterocycles. The van der Waals surface area contributed by atoms with E-state index in [9.17, 15) is 4.79 Å². The van der Waals surface area contributed by atoms with Crippen molar-refractivity contribution in [3.63, 3.8) is 0 Å². The van der Waals surface area contributed by atoms with Crippen LogP contribution in [0.5, 0.6) is 0 Å². The first-order valence-electron chi connectivity index (χ1n) is 3.93. The number of hydrogen-bond donors (Lipinski definition) is 1. The second kappa shape index (κ2) is 22.6. The Labute approximate surface area is 70.6 Å². The van der Waals surface area contributed by atoms with Gasteiger partial charge in [-0.3, -0.25) is 0 Å². The fourth-order valence-corrected chi connectivity index (χ4v) is 0. The summed E-state index contributed by atoms with van der Waals surface area (Å²) in [6.45, 7) is 10.7. The normalized spacial score (nSPS) is 6.73. The average molecular weight is 161 g/mol. The first-order valence-corrected chi connectivity index (χ1v) is 3.93. The predicted molar refractivity (Wildman–Crippen MR) is 49.4 cm³/mol. The van der Waals surface area contributed by atoms with Crippen LogP contribution in [0.15, 0.2) is 0 Å². The van der Waals surface area contributed by atoms with E-state index in [1.165, 1.54) is 20.3 Å². The molecule has 2 nitrogen and oxygen atoms in total. The molecule has 0 spiro atoms. The number of ketones is 1. The van der Waals surface area contributed by atoms with E-state index in [-0.39, 0.29) is 12.4 Å². The van der Waals surface area contributed by atoms with Gasteiger partial charge in [-0.1, -0.05) is 26.7 Å². The number of aliphatic hydroxyl groups excluding tert-OH is 1.